The fourth-order valence-corrected chi connectivity index (χ4v) is 4.89. The number of nitrogens with one attached hydrogen (secondary N) is 2. The summed E-state index contributed by atoms with van der Waals surface area (Å²) in [7, 11) is -3.58. The number of hydrogen-bond acceptors (Lipinski definition) is 4. The van der Waals surface area contributed by atoms with Gasteiger partial charge < -0.3 is 10.3 Å². The molecule has 8 heteroatoms. The molecule has 0 radical (unpaired) electrons. The van der Waals surface area contributed by atoms with Crippen LogP contribution in [-0.2, 0) is 10.0 Å². The number of aromatic nitrogens is 1. The molecule has 0 spiro atoms. The van der Waals surface area contributed by atoms with Crippen LogP contribution >= 0.6 is 0 Å². The van der Waals surface area contributed by atoms with Gasteiger partial charge in [0.1, 0.15) is 5.56 Å². The van der Waals surface area contributed by atoms with E-state index in [9.17, 15) is 18.0 Å². The summed E-state index contributed by atoms with van der Waals surface area (Å²) in [5.74, 6) is -0.595. The van der Waals surface area contributed by atoms with E-state index in [4.69, 9.17) is 0 Å². The highest BCUT2D eigenvalue weighted by Crippen LogP contribution is 2.23. The number of carbonyl (C=O) groups is 1. The standard InChI is InChI=1S/C20H19N3O4S/c24-19(17-12-14-6-1-2-9-18(14)22-20(17)25)21-15-7-5-8-16(13-15)28(26,27)23-10-3-4-11-23/h1-2,5-9,12-13H,3-4,10-11H2,(H,21,24)(H,22,25). The highest BCUT2D eigenvalue weighted by atomic mass is 32.2. The fourth-order valence-electron chi connectivity index (χ4n) is 3.33. The topological polar surface area (TPSA) is 99.3 Å². The number of sulfonamides is 1. The second kappa shape index (κ2) is 7.21. The molecule has 2 aromatic carbocycles. The summed E-state index contributed by atoms with van der Waals surface area (Å²) in [6.07, 6.45) is 1.70. The Labute approximate surface area is 162 Å². The van der Waals surface area contributed by atoms with Gasteiger partial charge in [-0.2, -0.15) is 4.31 Å². The average molecular weight is 397 g/mol. The van der Waals surface area contributed by atoms with Gasteiger partial charge in [0.25, 0.3) is 11.5 Å². The smallest absolute Gasteiger partial charge is 0.261 e. The molecule has 7 nitrogen and oxygen atoms in total. The van der Waals surface area contributed by atoms with Crippen LogP contribution in [0.3, 0.4) is 0 Å². The van der Waals surface area contributed by atoms with Gasteiger partial charge in [-0.3, -0.25) is 9.59 Å². The Morgan fingerprint density at radius 3 is 2.54 bits per heavy atom. The quantitative estimate of drug-likeness (QED) is 0.707. The van der Waals surface area contributed by atoms with Crippen molar-refractivity contribution < 1.29 is 13.2 Å². The number of carbonyl (C=O) groups excluding carboxylic acids is 1. The molecule has 2 heterocycles. The highest BCUT2D eigenvalue weighted by molar-refractivity contribution is 7.89. The number of anilines is 1. The first kappa shape index (κ1) is 18.4. The lowest BCUT2D eigenvalue weighted by Gasteiger charge is -2.16. The maximum Gasteiger partial charge on any atom is 0.261 e. The number of nitrogens with zero attached hydrogens (tertiary/aromatic N) is 1. The third-order valence-electron chi connectivity index (χ3n) is 4.79. The Morgan fingerprint density at radius 1 is 1.00 bits per heavy atom. The zero-order valence-electron chi connectivity index (χ0n) is 15.0. The van der Waals surface area contributed by atoms with Gasteiger partial charge >= 0.3 is 0 Å². The van der Waals surface area contributed by atoms with E-state index < -0.39 is 21.5 Å². The number of rotatable bonds is 4. The first-order chi connectivity index (χ1) is 13.4. The molecule has 0 aliphatic carbocycles. The molecule has 1 aliphatic rings. The minimum atomic E-state index is -3.58. The van der Waals surface area contributed by atoms with E-state index in [0.717, 1.165) is 18.2 Å². The number of hydrogen-bond donors (Lipinski definition) is 2. The second-order valence-corrected chi connectivity index (χ2v) is 8.63. The second-order valence-electron chi connectivity index (χ2n) is 6.69. The Balaban J connectivity index is 1.62. The van der Waals surface area contributed by atoms with Crippen LogP contribution in [0.1, 0.15) is 23.2 Å². The number of H-pyrrole nitrogens is 1. The van der Waals surface area contributed by atoms with Crippen molar-refractivity contribution in [3.63, 3.8) is 0 Å². The van der Waals surface area contributed by atoms with E-state index >= 15 is 0 Å². The highest BCUT2D eigenvalue weighted by Gasteiger charge is 2.27. The molecule has 0 unspecified atom stereocenters. The Kier molecular flexibility index (Phi) is 4.74. The molecule has 2 N–H and O–H groups in total. The lowest BCUT2D eigenvalue weighted by atomic mass is 10.1. The van der Waals surface area contributed by atoms with E-state index in [1.165, 1.54) is 22.5 Å². The Hall–Kier alpha value is -2.97. The molecule has 144 valence electrons. The van der Waals surface area contributed by atoms with Crippen molar-refractivity contribution in [3.8, 4) is 0 Å². The van der Waals surface area contributed by atoms with E-state index in [-0.39, 0.29) is 10.5 Å². The molecule has 1 fully saturated rings. The minimum absolute atomic E-state index is 0.0356. The van der Waals surface area contributed by atoms with Crippen LogP contribution in [-0.4, -0.2) is 36.7 Å². The summed E-state index contributed by atoms with van der Waals surface area (Å²) >= 11 is 0. The van der Waals surface area contributed by atoms with E-state index in [1.807, 2.05) is 6.07 Å². The molecule has 3 aromatic rings. The number of para-hydroxylation sites is 1. The molecule has 1 saturated heterocycles. The van der Waals surface area contributed by atoms with Crippen LogP contribution in [0.25, 0.3) is 10.9 Å². The normalized spacial score (nSPS) is 15.0. The zero-order valence-corrected chi connectivity index (χ0v) is 15.8. The Morgan fingerprint density at radius 2 is 1.75 bits per heavy atom. The van der Waals surface area contributed by atoms with Crippen molar-refractivity contribution in [2.45, 2.75) is 17.7 Å². The number of pyridine rings is 1. The van der Waals surface area contributed by atoms with Gasteiger partial charge in [0.15, 0.2) is 0 Å². The van der Waals surface area contributed by atoms with Crippen LogP contribution in [0, 0.1) is 0 Å². The van der Waals surface area contributed by atoms with Crippen molar-refractivity contribution >= 4 is 32.5 Å². The third kappa shape index (κ3) is 3.44. The van der Waals surface area contributed by atoms with Gasteiger partial charge in [-0.1, -0.05) is 24.3 Å². The molecule has 0 atom stereocenters. The lowest BCUT2D eigenvalue weighted by molar-refractivity contribution is 0.102. The third-order valence-corrected chi connectivity index (χ3v) is 6.69. The van der Waals surface area contributed by atoms with Crippen molar-refractivity contribution in [2.75, 3.05) is 18.4 Å². The van der Waals surface area contributed by atoms with Gasteiger partial charge in [-0.25, -0.2) is 8.42 Å². The average Bonchev–Trinajstić information content (AvgIpc) is 3.23. The maximum atomic E-state index is 12.7. The zero-order chi connectivity index (χ0) is 19.7. The molecule has 1 amide bonds. The number of aromatic amines is 1. The van der Waals surface area contributed by atoms with Crippen LogP contribution in [0.4, 0.5) is 5.69 Å². The van der Waals surface area contributed by atoms with E-state index in [0.29, 0.717) is 24.3 Å². The number of benzene rings is 2. The molecular weight excluding hydrogens is 378 g/mol. The molecule has 1 aromatic heterocycles. The maximum absolute atomic E-state index is 12.7. The predicted molar refractivity (Wildman–Crippen MR) is 107 cm³/mol. The van der Waals surface area contributed by atoms with Crippen LogP contribution in [0.15, 0.2) is 64.3 Å². The molecule has 0 saturated carbocycles. The molecule has 28 heavy (non-hydrogen) atoms. The number of fused-ring (bicyclic) bond motifs is 1. The van der Waals surface area contributed by atoms with Crippen molar-refractivity contribution in [2.24, 2.45) is 0 Å². The van der Waals surface area contributed by atoms with Crippen LogP contribution in [0.2, 0.25) is 0 Å². The summed E-state index contributed by atoms with van der Waals surface area (Å²) in [5, 5.41) is 3.36. The van der Waals surface area contributed by atoms with Crippen LogP contribution < -0.4 is 10.9 Å². The van der Waals surface area contributed by atoms with E-state index in [2.05, 4.69) is 10.3 Å². The first-order valence-electron chi connectivity index (χ1n) is 8.99. The summed E-state index contributed by atoms with van der Waals surface area (Å²) in [6, 6.07) is 14.8. The van der Waals surface area contributed by atoms with Crippen molar-refractivity contribution in [1.29, 1.82) is 0 Å². The molecule has 0 bridgehead atoms. The van der Waals surface area contributed by atoms with Gasteiger partial charge in [0.05, 0.1) is 4.90 Å². The lowest BCUT2D eigenvalue weighted by Crippen LogP contribution is -2.28. The van der Waals surface area contributed by atoms with Gasteiger partial charge in [-0.05, 0) is 48.6 Å². The summed E-state index contributed by atoms with van der Waals surface area (Å²) in [6.45, 7) is 1.01. The predicted octanol–water partition coefficient (Wildman–Crippen LogP) is 2.56. The monoisotopic (exact) mass is 397 g/mol. The van der Waals surface area contributed by atoms with Gasteiger partial charge in [-0.15, -0.1) is 0 Å². The summed E-state index contributed by atoms with van der Waals surface area (Å²) < 4.78 is 26.8. The summed E-state index contributed by atoms with van der Waals surface area (Å²) in [4.78, 5) is 27.7. The Bertz CT molecular complexity index is 1210. The minimum Gasteiger partial charge on any atom is -0.322 e. The molecular formula is C20H19N3O4S. The number of amides is 1. The van der Waals surface area contributed by atoms with Gasteiger partial charge in [0, 0.05) is 24.3 Å². The van der Waals surface area contributed by atoms with Crippen LogP contribution in [0.5, 0.6) is 0 Å². The summed E-state index contributed by atoms with van der Waals surface area (Å²) in [5.41, 5.74) is 0.420. The molecule has 4 rings (SSSR count). The largest absolute Gasteiger partial charge is 0.322 e. The van der Waals surface area contributed by atoms with Crippen molar-refractivity contribution in [3.05, 3.63) is 70.5 Å². The van der Waals surface area contributed by atoms with Gasteiger partial charge in [0.2, 0.25) is 10.0 Å². The SMILES string of the molecule is O=C(Nc1cccc(S(=O)(=O)N2CCCC2)c1)c1cc2ccccc2[nH]c1=O. The fraction of sp³-hybridized carbons (Fsp3) is 0.200. The van der Waals surface area contributed by atoms with E-state index in [1.54, 1.807) is 30.3 Å². The molecule has 1 aliphatic heterocycles. The van der Waals surface area contributed by atoms with Crippen molar-refractivity contribution in [1.82, 2.24) is 9.29 Å². The first-order valence-corrected chi connectivity index (χ1v) is 10.4.